The summed E-state index contributed by atoms with van der Waals surface area (Å²) in [5.74, 6) is 1.34. The van der Waals surface area contributed by atoms with Crippen LogP contribution in [-0.2, 0) is 14.3 Å². The van der Waals surface area contributed by atoms with Crippen molar-refractivity contribution < 1.29 is 14.3 Å². The molecular formula is C14H25NO3. The maximum absolute atomic E-state index is 11.8. The van der Waals surface area contributed by atoms with E-state index in [2.05, 4.69) is 19.2 Å². The van der Waals surface area contributed by atoms with Gasteiger partial charge in [-0.1, -0.05) is 13.8 Å². The molecule has 4 unspecified atom stereocenters. The maximum Gasteiger partial charge on any atom is 0.307 e. The molecule has 18 heavy (non-hydrogen) atoms. The minimum Gasteiger partial charge on any atom is -0.462 e. The van der Waals surface area contributed by atoms with Crippen molar-refractivity contribution in [1.82, 2.24) is 5.32 Å². The van der Waals surface area contributed by atoms with Gasteiger partial charge in [0.1, 0.15) is 6.10 Å². The highest BCUT2D eigenvalue weighted by Crippen LogP contribution is 2.31. The first kappa shape index (κ1) is 13.8. The summed E-state index contributed by atoms with van der Waals surface area (Å²) in [6.07, 6.45) is 3.77. The number of hydrogen-bond acceptors (Lipinski definition) is 4. The molecule has 1 heterocycles. The van der Waals surface area contributed by atoms with Crippen LogP contribution in [0, 0.1) is 11.8 Å². The quantitative estimate of drug-likeness (QED) is 0.780. The van der Waals surface area contributed by atoms with Crippen LogP contribution in [-0.4, -0.2) is 37.9 Å². The molecule has 0 aromatic rings. The molecule has 0 bridgehead atoms. The van der Waals surface area contributed by atoms with Crippen LogP contribution in [0.2, 0.25) is 0 Å². The van der Waals surface area contributed by atoms with Gasteiger partial charge < -0.3 is 14.8 Å². The van der Waals surface area contributed by atoms with Crippen LogP contribution in [0.3, 0.4) is 0 Å². The molecule has 0 radical (unpaired) electrons. The molecule has 1 saturated heterocycles. The van der Waals surface area contributed by atoms with Crippen molar-refractivity contribution in [2.45, 2.75) is 51.7 Å². The van der Waals surface area contributed by atoms with Gasteiger partial charge in [-0.25, -0.2) is 0 Å². The van der Waals surface area contributed by atoms with E-state index in [1.165, 1.54) is 6.42 Å². The predicted molar refractivity (Wildman–Crippen MR) is 69.3 cm³/mol. The third-order valence-corrected chi connectivity index (χ3v) is 4.26. The van der Waals surface area contributed by atoms with E-state index in [0.717, 1.165) is 31.9 Å². The van der Waals surface area contributed by atoms with Crippen LogP contribution in [0.15, 0.2) is 0 Å². The molecule has 0 spiro atoms. The normalized spacial score (nSPS) is 37.2. The van der Waals surface area contributed by atoms with Crippen molar-refractivity contribution in [1.29, 1.82) is 0 Å². The van der Waals surface area contributed by atoms with E-state index in [1.54, 1.807) is 0 Å². The van der Waals surface area contributed by atoms with Gasteiger partial charge in [-0.2, -0.15) is 0 Å². The van der Waals surface area contributed by atoms with E-state index < -0.39 is 0 Å². The number of rotatable bonds is 3. The number of esters is 1. The van der Waals surface area contributed by atoms with Crippen LogP contribution in [0.25, 0.3) is 0 Å². The monoisotopic (exact) mass is 255 g/mol. The van der Waals surface area contributed by atoms with Crippen molar-refractivity contribution in [2.24, 2.45) is 11.8 Å². The first-order chi connectivity index (χ1) is 8.65. The zero-order valence-electron chi connectivity index (χ0n) is 11.5. The minimum atomic E-state index is -0.0789. The fourth-order valence-corrected chi connectivity index (χ4v) is 2.79. The molecule has 0 aromatic heterocycles. The van der Waals surface area contributed by atoms with Gasteiger partial charge in [0.05, 0.1) is 19.6 Å². The lowest BCUT2D eigenvalue weighted by molar-refractivity contribution is -0.153. The highest BCUT2D eigenvalue weighted by Gasteiger charge is 2.27. The minimum absolute atomic E-state index is 0.0789. The van der Waals surface area contributed by atoms with E-state index in [4.69, 9.17) is 9.47 Å². The average molecular weight is 255 g/mol. The molecule has 104 valence electrons. The Morgan fingerprint density at radius 2 is 2.17 bits per heavy atom. The Bertz CT molecular complexity index is 276. The lowest BCUT2D eigenvalue weighted by Gasteiger charge is -2.32. The molecule has 2 rings (SSSR count). The molecule has 4 heteroatoms. The molecule has 2 fully saturated rings. The Balaban J connectivity index is 1.70. The van der Waals surface area contributed by atoms with Gasteiger partial charge in [-0.15, -0.1) is 0 Å². The molecule has 2 aliphatic rings. The predicted octanol–water partition coefficient (Wildman–Crippen LogP) is 1.73. The summed E-state index contributed by atoms with van der Waals surface area (Å²) >= 11 is 0. The number of carbonyl (C=O) groups is 1. The van der Waals surface area contributed by atoms with Crippen LogP contribution >= 0.6 is 0 Å². The van der Waals surface area contributed by atoms with E-state index in [1.807, 2.05) is 0 Å². The SMILES string of the molecule is CC1CCC(OC(=O)CC2COCCN2)CC1C. The maximum atomic E-state index is 11.8. The van der Waals surface area contributed by atoms with E-state index in [9.17, 15) is 4.79 Å². The zero-order chi connectivity index (χ0) is 13.0. The Hall–Kier alpha value is -0.610. The first-order valence-corrected chi connectivity index (χ1v) is 7.15. The largest absolute Gasteiger partial charge is 0.462 e. The van der Waals surface area contributed by atoms with E-state index in [0.29, 0.717) is 18.9 Å². The lowest BCUT2D eigenvalue weighted by atomic mass is 9.80. The molecule has 0 amide bonds. The second kappa shape index (κ2) is 6.53. The van der Waals surface area contributed by atoms with Crippen molar-refractivity contribution >= 4 is 5.97 Å². The van der Waals surface area contributed by atoms with Gasteiger partial charge in [0.25, 0.3) is 0 Å². The number of morpholine rings is 1. The topological polar surface area (TPSA) is 47.6 Å². The van der Waals surface area contributed by atoms with Crippen LogP contribution in [0.1, 0.15) is 39.5 Å². The number of ether oxygens (including phenoxy) is 2. The third-order valence-electron chi connectivity index (χ3n) is 4.26. The second-order valence-corrected chi connectivity index (χ2v) is 5.81. The van der Waals surface area contributed by atoms with Gasteiger partial charge in [0.15, 0.2) is 0 Å². The van der Waals surface area contributed by atoms with E-state index >= 15 is 0 Å². The summed E-state index contributed by atoms with van der Waals surface area (Å²) in [5.41, 5.74) is 0. The highest BCUT2D eigenvalue weighted by atomic mass is 16.5. The van der Waals surface area contributed by atoms with Crippen molar-refractivity contribution in [3.8, 4) is 0 Å². The van der Waals surface area contributed by atoms with Gasteiger partial charge in [0.2, 0.25) is 0 Å². The van der Waals surface area contributed by atoms with Crippen LogP contribution in [0.5, 0.6) is 0 Å². The van der Waals surface area contributed by atoms with Gasteiger partial charge >= 0.3 is 5.97 Å². The van der Waals surface area contributed by atoms with Gasteiger partial charge in [-0.05, 0) is 31.1 Å². The van der Waals surface area contributed by atoms with Crippen molar-refractivity contribution in [2.75, 3.05) is 19.8 Å². The standard InChI is InChI=1S/C14H25NO3/c1-10-3-4-13(7-11(10)2)18-14(16)8-12-9-17-6-5-15-12/h10-13,15H,3-9H2,1-2H3. The average Bonchev–Trinajstić information content (AvgIpc) is 2.35. The fourth-order valence-electron chi connectivity index (χ4n) is 2.79. The first-order valence-electron chi connectivity index (χ1n) is 7.15. The Labute approximate surface area is 109 Å². The van der Waals surface area contributed by atoms with Gasteiger partial charge in [-0.3, -0.25) is 4.79 Å². The molecule has 4 atom stereocenters. The Morgan fingerprint density at radius 3 is 2.83 bits per heavy atom. The molecule has 1 saturated carbocycles. The second-order valence-electron chi connectivity index (χ2n) is 5.81. The number of nitrogens with one attached hydrogen (secondary N) is 1. The summed E-state index contributed by atoms with van der Waals surface area (Å²) in [4.78, 5) is 11.8. The fraction of sp³-hybridized carbons (Fsp3) is 0.929. The molecular weight excluding hydrogens is 230 g/mol. The van der Waals surface area contributed by atoms with Crippen molar-refractivity contribution in [3.63, 3.8) is 0 Å². The third kappa shape index (κ3) is 3.95. The Kier molecular flexibility index (Phi) is 5.01. The molecule has 1 aliphatic carbocycles. The zero-order valence-corrected chi connectivity index (χ0v) is 11.5. The molecule has 4 nitrogen and oxygen atoms in total. The van der Waals surface area contributed by atoms with E-state index in [-0.39, 0.29) is 18.1 Å². The van der Waals surface area contributed by atoms with Gasteiger partial charge in [0, 0.05) is 12.6 Å². The molecule has 1 N–H and O–H groups in total. The molecule has 1 aliphatic heterocycles. The summed E-state index contributed by atoms with van der Waals surface area (Å²) < 4.78 is 10.9. The van der Waals surface area contributed by atoms with Crippen LogP contribution in [0.4, 0.5) is 0 Å². The lowest BCUT2D eigenvalue weighted by Crippen LogP contribution is -2.43. The Morgan fingerprint density at radius 1 is 1.33 bits per heavy atom. The molecule has 0 aromatic carbocycles. The summed E-state index contributed by atoms with van der Waals surface area (Å²) in [6.45, 7) is 6.72. The summed E-state index contributed by atoms with van der Waals surface area (Å²) in [6, 6.07) is 0.131. The smallest absolute Gasteiger partial charge is 0.307 e. The van der Waals surface area contributed by atoms with Crippen LogP contribution < -0.4 is 5.32 Å². The number of carbonyl (C=O) groups excluding carboxylic acids is 1. The number of hydrogen-bond donors (Lipinski definition) is 1. The van der Waals surface area contributed by atoms with Crippen molar-refractivity contribution in [3.05, 3.63) is 0 Å². The summed E-state index contributed by atoms with van der Waals surface area (Å²) in [7, 11) is 0. The highest BCUT2D eigenvalue weighted by molar-refractivity contribution is 5.70. The summed E-state index contributed by atoms with van der Waals surface area (Å²) in [5, 5.41) is 3.28.